The molecule has 8 heteroatoms. The zero-order valence-corrected chi connectivity index (χ0v) is 16.7. The highest BCUT2D eigenvalue weighted by atomic mass is 19.1. The van der Waals surface area contributed by atoms with Crippen LogP contribution in [0.15, 0.2) is 34.7 Å². The van der Waals surface area contributed by atoms with Gasteiger partial charge < -0.3 is 23.9 Å². The van der Waals surface area contributed by atoms with Gasteiger partial charge in [-0.25, -0.2) is 9.37 Å². The minimum atomic E-state index is -0.556. The van der Waals surface area contributed by atoms with Gasteiger partial charge >= 0.3 is 0 Å². The smallest absolute Gasteiger partial charge is 0.227 e. The van der Waals surface area contributed by atoms with Gasteiger partial charge in [-0.05, 0) is 38.1 Å². The highest BCUT2D eigenvalue weighted by Crippen LogP contribution is 2.36. The molecule has 154 valence electrons. The Morgan fingerprint density at radius 3 is 2.76 bits per heavy atom. The van der Waals surface area contributed by atoms with Crippen molar-refractivity contribution in [2.45, 2.75) is 26.8 Å². The zero-order valence-electron chi connectivity index (χ0n) is 16.7. The third-order valence-corrected chi connectivity index (χ3v) is 4.07. The average Bonchev–Trinajstić information content (AvgIpc) is 3.10. The maximum Gasteiger partial charge on any atom is 0.227 e. The van der Waals surface area contributed by atoms with Gasteiger partial charge in [-0.15, -0.1) is 0 Å². The molecule has 0 radical (unpaired) electrons. The Bertz CT molecular complexity index is 1020. The van der Waals surface area contributed by atoms with Crippen molar-refractivity contribution in [2.75, 3.05) is 20.3 Å². The lowest BCUT2D eigenvalue weighted by molar-refractivity contribution is -0.119. The fourth-order valence-electron chi connectivity index (χ4n) is 2.86. The van der Waals surface area contributed by atoms with Crippen LogP contribution in [-0.4, -0.2) is 37.3 Å². The molecule has 1 amide bonds. The summed E-state index contributed by atoms with van der Waals surface area (Å²) in [6, 6.07) is 8.00. The van der Waals surface area contributed by atoms with Crippen LogP contribution in [0.4, 0.5) is 4.39 Å². The molecule has 29 heavy (non-hydrogen) atoms. The maximum absolute atomic E-state index is 14.4. The molecule has 0 spiro atoms. The van der Waals surface area contributed by atoms with Gasteiger partial charge in [0.25, 0.3) is 0 Å². The first-order valence-electron chi connectivity index (χ1n) is 9.22. The van der Waals surface area contributed by atoms with Crippen molar-refractivity contribution in [3.8, 4) is 28.7 Å². The van der Waals surface area contributed by atoms with Crippen LogP contribution in [0, 0.1) is 5.82 Å². The first-order chi connectivity index (χ1) is 13.9. The maximum atomic E-state index is 14.4. The lowest BCUT2D eigenvalue weighted by Gasteiger charge is -2.13. The van der Waals surface area contributed by atoms with Crippen LogP contribution in [0.25, 0.3) is 22.6 Å². The minimum absolute atomic E-state index is 0.0545. The number of benzene rings is 2. The third kappa shape index (κ3) is 4.77. The van der Waals surface area contributed by atoms with Crippen LogP contribution in [0.5, 0.6) is 17.2 Å². The van der Waals surface area contributed by atoms with Crippen LogP contribution < -0.4 is 19.5 Å². The van der Waals surface area contributed by atoms with Gasteiger partial charge in [0.15, 0.2) is 22.9 Å². The highest BCUT2D eigenvalue weighted by molar-refractivity contribution is 5.78. The first-order valence-corrected chi connectivity index (χ1v) is 9.22. The summed E-state index contributed by atoms with van der Waals surface area (Å²) in [5, 5.41) is 2.75. The van der Waals surface area contributed by atoms with Crippen molar-refractivity contribution in [1.82, 2.24) is 10.3 Å². The Hall–Kier alpha value is -3.29. The van der Waals surface area contributed by atoms with Crippen LogP contribution >= 0.6 is 0 Å². The summed E-state index contributed by atoms with van der Waals surface area (Å²) in [5.74, 6) is 0.477. The predicted octanol–water partition coefficient (Wildman–Crippen LogP) is 3.94. The highest BCUT2D eigenvalue weighted by Gasteiger charge is 2.17. The SMILES string of the molecule is CCOc1c(F)cc(-c2nc3ccc(OC[C@H](C)NC(C)=O)cc3o2)cc1OC. The molecule has 1 N–H and O–H groups in total. The van der Waals surface area contributed by atoms with Crippen molar-refractivity contribution in [2.24, 2.45) is 0 Å². The Balaban J connectivity index is 1.85. The summed E-state index contributed by atoms with van der Waals surface area (Å²) in [4.78, 5) is 15.5. The number of hydrogen-bond donors (Lipinski definition) is 1. The van der Waals surface area contributed by atoms with Gasteiger partial charge in [0.05, 0.1) is 19.8 Å². The van der Waals surface area contributed by atoms with E-state index < -0.39 is 5.82 Å². The molecular formula is C21H23FN2O5. The average molecular weight is 402 g/mol. The lowest BCUT2D eigenvalue weighted by Crippen LogP contribution is -2.35. The van der Waals surface area contributed by atoms with Crippen molar-refractivity contribution in [1.29, 1.82) is 0 Å². The van der Waals surface area contributed by atoms with Crippen molar-refractivity contribution in [3.05, 3.63) is 36.1 Å². The van der Waals surface area contributed by atoms with Gasteiger partial charge in [0, 0.05) is 18.6 Å². The monoisotopic (exact) mass is 402 g/mol. The zero-order chi connectivity index (χ0) is 21.0. The van der Waals surface area contributed by atoms with Crippen molar-refractivity contribution in [3.63, 3.8) is 0 Å². The number of carbonyl (C=O) groups is 1. The van der Waals surface area contributed by atoms with E-state index in [1.807, 2.05) is 6.92 Å². The number of halogens is 1. The fourth-order valence-corrected chi connectivity index (χ4v) is 2.86. The third-order valence-electron chi connectivity index (χ3n) is 4.07. The number of amides is 1. The number of carbonyl (C=O) groups excluding carboxylic acids is 1. The molecule has 0 saturated heterocycles. The minimum Gasteiger partial charge on any atom is -0.493 e. The second-order valence-corrected chi connectivity index (χ2v) is 6.48. The Labute approximate surface area is 167 Å². The molecule has 0 unspecified atom stereocenters. The number of methoxy groups -OCH3 is 1. The lowest BCUT2D eigenvalue weighted by atomic mass is 10.2. The molecule has 3 rings (SSSR count). The van der Waals surface area contributed by atoms with E-state index in [4.69, 9.17) is 18.6 Å². The fraction of sp³-hybridized carbons (Fsp3) is 0.333. The second kappa shape index (κ2) is 8.81. The van der Waals surface area contributed by atoms with E-state index in [0.29, 0.717) is 35.6 Å². The van der Waals surface area contributed by atoms with E-state index >= 15 is 0 Å². The molecule has 0 bridgehead atoms. The Kier molecular flexibility index (Phi) is 6.21. The number of nitrogens with one attached hydrogen (secondary N) is 1. The number of hydrogen-bond acceptors (Lipinski definition) is 6. The first kappa shape index (κ1) is 20.4. The summed E-state index contributed by atoms with van der Waals surface area (Å²) < 4.78 is 36.5. The molecule has 0 fully saturated rings. The van der Waals surface area contributed by atoms with Gasteiger partial charge in [-0.1, -0.05) is 0 Å². The molecule has 3 aromatic rings. The van der Waals surface area contributed by atoms with Crippen LogP contribution in [0.3, 0.4) is 0 Å². The largest absolute Gasteiger partial charge is 0.493 e. The van der Waals surface area contributed by atoms with E-state index in [1.165, 1.54) is 20.1 Å². The summed E-state index contributed by atoms with van der Waals surface area (Å²) >= 11 is 0. The van der Waals surface area contributed by atoms with Gasteiger partial charge in [0.1, 0.15) is 17.9 Å². The van der Waals surface area contributed by atoms with Crippen LogP contribution in [0.2, 0.25) is 0 Å². The number of fused-ring (bicyclic) bond motifs is 1. The predicted molar refractivity (Wildman–Crippen MR) is 106 cm³/mol. The van der Waals surface area contributed by atoms with E-state index in [-0.39, 0.29) is 29.3 Å². The van der Waals surface area contributed by atoms with Gasteiger partial charge in [-0.2, -0.15) is 0 Å². The summed E-state index contributed by atoms with van der Waals surface area (Å²) in [5.41, 5.74) is 1.54. The molecule has 1 aromatic heterocycles. The van der Waals surface area contributed by atoms with E-state index in [0.717, 1.165) is 0 Å². The molecule has 0 aliphatic heterocycles. The van der Waals surface area contributed by atoms with Crippen LogP contribution in [0.1, 0.15) is 20.8 Å². The van der Waals surface area contributed by atoms with Gasteiger partial charge in [-0.3, -0.25) is 4.79 Å². The van der Waals surface area contributed by atoms with E-state index in [2.05, 4.69) is 10.3 Å². The number of rotatable bonds is 8. The quantitative estimate of drug-likeness (QED) is 0.614. The van der Waals surface area contributed by atoms with E-state index in [9.17, 15) is 9.18 Å². The standard InChI is InChI=1S/C21H23FN2O5/c1-5-27-20-16(22)8-14(9-19(20)26-4)21-24-17-7-6-15(10-18(17)29-21)28-11-12(2)23-13(3)25/h6-10,12H,5,11H2,1-4H3,(H,23,25)/t12-/m0/s1. The molecule has 1 atom stereocenters. The topological polar surface area (TPSA) is 82.8 Å². The number of ether oxygens (including phenoxy) is 3. The molecule has 2 aromatic carbocycles. The van der Waals surface area contributed by atoms with Gasteiger partial charge in [0.2, 0.25) is 11.8 Å². The Morgan fingerprint density at radius 2 is 2.07 bits per heavy atom. The number of nitrogens with zero attached hydrogens (tertiary/aromatic N) is 1. The van der Waals surface area contributed by atoms with Crippen molar-refractivity contribution < 1.29 is 27.8 Å². The molecule has 0 aliphatic rings. The second-order valence-electron chi connectivity index (χ2n) is 6.48. The van der Waals surface area contributed by atoms with Crippen LogP contribution in [-0.2, 0) is 4.79 Å². The molecule has 7 nitrogen and oxygen atoms in total. The summed E-state index contributed by atoms with van der Waals surface area (Å²) in [6.45, 7) is 5.70. The number of aromatic nitrogens is 1. The molecular weight excluding hydrogens is 379 g/mol. The summed E-state index contributed by atoms with van der Waals surface area (Å²) in [6.07, 6.45) is 0. The van der Waals surface area contributed by atoms with Crippen molar-refractivity contribution >= 4 is 17.0 Å². The summed E-state index contributed by atoms with van der Waals surface area (Å²) in [7, 11) is 1.44. The number of oxazole rings is 1. The molecule has 1 heterocycles. The normalized spacial score (nSPS) is 11.9. The molecule has 0 saturated carbocycles. The molecule has 0 aliphatic carbocycles. The Morgan fingerprint density at radius 1 is 1.28 bits per heavy atom. The van der Waals surface area contributed by atoms with E-state index in [1.54, 1.807) is 31.2 Å².